The average Bonchev–Trinajstić information content (AvgIpc) is 3.09. The maximum absolute atomic E-state index is 12.5. The number of esters is 1. The predicted molar refractivity (Wildman–Crippen MR) is 95.9 cm³/mol. The monoisotopic (exact) mass is 330 g/mol. The number of para-hydroxylation sites is 2. The highest BCUT2D eigenvalue weighted by molar-refractivity contribution is 5.79. The van der Waals surface area contributed by atoms with E-state index in [1.54, 1.807) is 0 Å². The van der Waals surface area contributed by atoms with E-state index in [1.807, 2.05) is 66.7 Å². The van der Waals surface area contributed by atoms with Gasteiger partial charge in [-0.1, -0.05) is 66.7 Å². The van der Waals surface area contributed by atoms with Gasteiger partial charge in [-0.25, -0.2) is 4.79 Å². The van der Waals surface area contributed by atoms with Crippen molar-refractivity contribution in [3.8, 4) is 11.5 Å². The molecule has 0 saturated carbocycles. The molecule has 1 aliphatic rings. The molecule has 0 saturated heterocycles. The molecule has 1 heterocycles. The highest BCUT2D eigenvalue weighted by Gasteiger charge is 2.30. The number of rotatable bonds is 4. The van der Waals surface area contributed by atoms with Gasteiger partial charge < -0.3 is 9.47 Å². The van der Waals surface area contributed by atoms with Crippen molar-refractivity contribution in [1.82, 2.24) is 0 Å². The van der Waals surface area contributed by atoms with E-state index in [0.29, 0.717) is 12.2 Å². The van der Waals surface area contributed by atoms with Gasteiger partial charge in [0, 0.05) is 12.8 Å². The Morgan fingerprint density at radius 2 is 1.64 bits per heavy atom. The first-order valence-electron chi connectivity index (χ1n) is 8.38. The summed E-state index contributed by atoms with van der Waals surface area (Å²) in [5.41, 5.74) is 3.20. The van der Waals surface area contributed by atoms with Gasteiger partial charge in [0.2, 0.25) is 0 Å². The lowest BCUT2D eigenvalue weighted by atomic mass is 10.0. The van der Waals surface area contributed by atoms with E-state index in [0.717, 1.165) is 23.3 Å². The van der Waals surface area contributed by atoms with E-state index < -0.39 is 6.10 Å². The number of carbonyl (C=O) groups excluding carboxylic acids is 1. The molecule has 3 nitrogen and oxygen atoms in total. The van der Waals surface area contributed by atoms with Crippen LogP contribution in [0.5, 0.6) is 11.5 Å². The SMILES string of the molecule is O=C(Oc1ccccc1Cc1ccccc1)[C@@H]1Cc2ccccc2O1. The fourth-order valence-corrected chi connectivity index (χ4v) is 3.05. The Kier molecular flexibility index (Phi) is 4.21. The molecular formula is C22H18O3. The first-order valence-corrected chi connectivity index (χ1v) is 8.38. The number of hydrogen-bond donors (Lipinski definition) is 0. The minimum Gasteiger partial charge on any atom is -0.478 e. The lowest BCUT2D eigenvalue weighted by Gasteiger charge is -2.13. The number of carbonyl (C=O) groups is 1. The Hall–Kier alpha value is -3.07. The van der Waals surface area contributed by atoms with Crippen molar-refractivity contribution in [2.75, 3.05) is 0 Å². The van der Waals surface area contributed by atoms with Crippen LogP contribution < -0.4 is 9.47 Å². The summed E-state index contributed by atoms with van der Waals surface area (Å²) in [4.78, 5) is 12.5. The lowest BCUT2D eigenvalue weighted by Crippen LogP contribution is -2.30. The summed E-state index contributed by atoms with van der Waals surface area (Å²) in [6.45, 7) is 0. The van der Waals surface area contributed by atoms with Gasteiger partial charge in [-0.05, 0) is 28.8 Å². The van der Waals surface area contributed by atoms with E-state index in [2.05, 4.69) is 12.1 Å². The van der Waals surface area contributed by atoms with Gasteiger partial charge in [0.15, 0.2) is 6.10 Å². The minimum atomic E-state index is -0.581. The molecule has 0 fully saturated rings. The third-order valence-corrected chi connectivity index (χ3v) is 4.33. The Labute approximate surface area is 146 Å². The van der Waals surface area contributed by atoms with Gasteiger partial charge in [-0.15, -0.1) is 0 Å². The summed E-state index contributed by atoms with van der Waals surface area (Å²) in [5, 5.41) is 0. The largest absolute Gasteiger partial charge is 0.478 e. The normalized spacial score (nSPS) is 15.3. The molecule has 0 bridgehead atoms. The van der Waals surface area contributed by atoms with Crippen molar-refractivity contribution in [3.05, 3.63) is 95.6 Å². The smallest absolute Gasteiger partial charge is 0.353 e. The van der Waals surface area contributed by atoms with Crippen LogP contribution in [0.25, 0.3) is 0 Å². The average molecular weight is 330 g/mol. The predicted octanol–water partition coefficient (Wildman–Crippen LogP) is 4.19. The standard InChI is InChI=1S/C22H18O3/c23-22(21-15-18-11-5-6-12-19(18)24-21)25-20-13-7-4-10-17(20)14-16-8-2-1-3-9-16/h1-13,21H,14-15H2/t21-/m0/s1. The van der Waals surface area contributed by atoms with E-state index in [9.17, 15) is 4.79 Å². The van der Waals surface area contributed by atoms with Crippen LogP contribution in [0, 0.1) is 0 Å². The molecule has 0 spiro atoms. The van der Waals surface area contributed by atoms with Crippen LogP contribution in [0.2, 0.25) is 0 Å². The molecule has 0 unspecified atom stereocenters. The molecule has 0 amide bonds. The maximum atomic E-state index is 12.5. The van der Waals surface area contributed by atoms with Gasteiger partial charge in [0.05, 0.1) is 0 Å². The highest BCUT2D eigenvalue weighted by Crippen LogP contribution is 2.29. The van der Waals surface area contributed by atoms with Crippen LogP contribution in [0.4, 0.5) is 0 Å². The van der Waals surface area contributed by atoms with Crippen molar-refractivity contribution >= 4 is 5.97 Å². The number of ether oxygens (including phenoxy) is 2. The number of fused-ring (bicyclic) bond motifs is 1. The van der Waals surface area contributed by atoms with Crippen molar-refractivity contribution in [2.24, 2.45) is 0 Å². The Balaban J connectivity index is 1.49. The highest BCUT2D eigenvalue weighted by atomic mass is 16.6. The first kappa shape index (κ1) is 15.5. The zero-order valence-corrected chi connectivity index (χ0v) is 13.7. The van der Waals surface area contributed by atoms with Crippen LogP contribution >= 0.6 is 0 Å². The van der Waals surface area contributed by atoms with Crippen molar-refractivity contribution < 1.29 is 14.3 Å². The molecule has 3 heteroatoms. The van der Waals surface area contributed by atoms with Crippen molar-refractivity contribution in [1.29, 1.82) is 0 Å². The first-order chi connectivity index (χ1) is 12.3. The minimum absolute atomic E-state index is 0.350. The fraction of sp³-hybridized carbons (Fsp3) is 0.136. The molecule has 1 atom stereocenters. The van der Waals surface area contributed by atoms with Crippen molar-refractivity contribution in [2.45, 2.75) is 18.9 Å². The van der Waals surface area contributed by atoms with Crippen LogP contribution in [0.1, 0.15) is 16.7 Å². The van der Waals surface area contributed by atoms with Crippen LogP contribution in [0.15, 0.2) is 78.9 Å². The topological polar surface area (TPSA) is 35.5 Å². The third kappa shape index (κ3) is 3.41. The molecular weight excluding hydrogens is 312 g/mol. The maximum Gasteiger partial charge on any atom is 0.353 e. The molecule has 0 aromatic heterocycles. The second-order valence-corrected chi connectivity index (χ2v) is 6.11. The number of hydrogen-bond acceptors (Lipinski definition) is 3. The molecule has 25 heavy (non-hydrogen) atoms. The summed E-state index contributed by atoms with van der Waals surface area (Å²) < 4.78 is 11.4. The van der Waals surface area contributed by atoms with Gasteiger partial charge in [0.1, 0.15) is 11.5 Å². The van der Waals surface area contributed by atoms with Gasteiger partial charge in [-0.2, -0.15) is 0 Å². The Morgan fingerprint density at radius 1 is 0.920 bits per heavy atom. The number of benzene rings is 3. The summed E-state index contributed by atoms with van der Waals surface area (Å²) in [5.74, 6) is 1.01. The second kappa shape index (κ2) is 6.81. The summed E-state index contributed by atoms with van der Waals surface area (Å²) >= 11 is 0. The van der Waals surface area contributed by atoms with Crippen LogP contribution in [0.3, 0.4) is 0 Å². The Bertz CT molecular complexity index is 862. The molecule has 1 aliphatic heterocycles. The molecule has 3 aromatic rings. The van der Waals surface area contributed by atoms with Crippen molar-refractivity contribution in [3.63, 3.8) is 0 Å². The zero-order valence-electron chi connectivity index (χ0n) is 13.7. The van der Waals surface area contributed by atoms with Crippen LogP contribution in [-0.4, -0.2) is 12.1 Å². The molecule has 4 rings (SSSR count). The molecule has 0 radical (unpaired) electrons. The van der Waals surface area contributed by atoms with E-state index >= 15 is 0 Å². The Morgan fingerprint density at radius 3 is 2.48 bits per heavy atom. The van der Waals surface area contributed by atoms with Gasteiger partial charge in [-0.3, -0.25) is 0 Å². The van der Waals surface area contributed by atoms with E-state index in [1.165, 1.54) is 5.56 Å². The van der Waals surface area contributed by atoms with Gasteiger partial charge >= 0.3 is 5.97 Å². The lowest BCUT2D eigenvalue weighted by molar-refractivity contribution is -0.141. The second-order valence-electron chi connectivity index (χ2n) is 6.11. The third-order valence-electron chi connectivity index (χ3n) is 4.33. The molecule has 3 aromatic carbocycles. The van der Waals surface area contributed by atoms with E-state index in [-0.39, 0.29) is 5.97 Å². The molecule has 0 N–H and O–H groups in total. The molecule has 124 valence electrons. The summed E-state index contributed by atoms with van der Waals surface area (Å²) in [7, 11) is 0. The zero-order chi connectivity index (χ0) is 17.1. The molecule has 0 aliphatic carbocycles. The van der Waals surface area contributed by atoms with E-state index in [4.69, 9.17) is 9.47 Å². The summed E-state index contributed by atoms with van der Waals surface area (Å²) in [6.07, 6.45) is 0.688. The van der Waals surface area contributed by atoms with Gasteiger partial charge in [0.25, 0.3) is 0 Å². The summed E-state index contributed by atoms with van der Waals surface area (Å²) in [6, 6.07) is 25.5. The fourth-order valence-electron chi connectivity index (χ4n) is 3.05. The quantitative estimate of drug-likeness (QED) is 0.531. The van der Waals surface area contributed by atoms with Crippen LogP contribution in [-0.2, 0) is 17.6 Å².